The molecule has 2 rings (SSSR count). The summed E-state index contributed by atoms with van der Waals surface area (Å²) in [6.07, 6.45) is 0. The van der Waals surface area contributed by atoms with Crippen molar-refractivity contribution < 1.29 is 18.9 Å². The molecular weight excluding hydrogens is 234 g/mol. The lowest BCUT2D eigenvalue weighted by atomic mass is 10.2. The Bertz CT molecular complexity index is 377. The summed E-state index contributed by atoms with van der Waals surface area (Å²) in [4.78, 5) is 0. The van der Waals surface area contributed by atoms with Crippen molar-refractivity contribution in [3.8, 4) is 17.2 Å². The van der Waals surface area contributed by atoms with Crippen LogP contribution in [0.3, 0.4) is 0 Å². The Kier molecular flexibility index (Phi) is 4.66. The number of hydrogen-bond donors (Lipinski definition) is 1. The predicted molar refractivity (Wildman–Crippen MR) is 67.7 cm³/mol. The van der Waals surface area contributed by atoms with Crippen LogP contribution in [0.5, 0.6) is 17.2 Å². The van der Waals surface area contributed by atoms with Gasteiger partial charge in [0.25, 0.3) is 0 Å². The highest BCUT2D eigenvalue weighted by atomic mass is 16.5. The SMILES string of the molecule is COc1cccc(OCC2COCCN2)c1OC. The minimum absolute atomic E-state index is 0.217. The number of methoxy groups -OCH3 is 2. The third-order valence-electron chi connectivity index (χ3n) is 2.81. The third-order valence-corrected chi connectivity index (χ3v) is 2.81. The second kappa shape index (κ2) is 6.47. The molecule has 0 amide bonds. The molecule has 1 aromatic carbocycles. The summed E-state index contributed by atoms with van der Waals surface area (Å²) in [5.74, 6) is 1.98. The number of ether oxygens (including phenoxy) is 4. The molecule has 100 valence electrons. The summed E-state index contributed by atoms with van der Waals surface area (Å²) in [6, 6.07) is 5.80. The zero-order valence-corrected chi connectivity index (χ0v) is 10.8. The molecule has 1 N–H and O–H groups in total. The Labute approximate surface area is 107 Å². The van der Waals surface area contributed by atoms with Crippen molar-refractivity contribution >= 4 is 0 Å². The van der Waals surface area contributed by atoms with Crippen LogP contribution in [0.15, 0.2) is 18.2 Å². The summed E-state index contributed by atoms with van der Waals surface area (Å²) < 4.78 is 21.7. The molecule has 5 heteroatoms. The maximum Gasteiger partial charge on any atom is 0.203 e. The van der Waals surface area contributed by atoms with E-state index in [9.17, 15) is 0 Å². The first-order valence-electron chi connectivity index (χ1n) is 6.00. The van der Waals surface area contributed by atoms with Gasteiger partial charge >= 0.3 is 0 Å². The average Bonchev–Trinajstić information content (AvgIpc) is 2.45. The fraction of sp³-hybridized carbons (Fsp3) is 0.538. The Morgan fingerprint density at radius 1 is 1.28 bits per heavy atom. The van der Waals surface area contributed by atoms with Crippen LogP contribution in [0.25, 0.3) is 0 Å². The van der Waals surface area contributed by atoms with E-state index in [4.69, 9.17) is 18.9 Å². The van der Waals surface area contributed by atoms with Gasteiger partial charge in [0, 0.05) is 6.54 Å². The molecule has 0 aromatic heterocycles. The highest BCUT2D eigenvalue weighted by molar-refractivity contribution is 5.51. The first-order valence-corrected chi connectivity index (χ1v) is 6.00. The van der Waals surface area contributed by atoms with Gasteiger partial charge in [0.2, 0.25) is 5.75 Å². The zero-order valence-electron chi connectivity index (χ0n) is 10.8. The van der Waals surface area contributed by atoms with Crippen LogP contribution in [0.2, 0.25) is 0 Å². The second-order valence-corrected chi connectivity index (χ2v) is 4.03. The molecule has 1 aliphatic heterocycles. The van der Waals surface area contributed by atoms with Crippen molar-refractivity contribution in [2.75, 3.05) is 40.6 Å². The predicted octanol–water partition coefficient (Wildman–Crippen LogP) is 1.07. The van der Waals surface area contributed by atoms with Gasteiger partial charge in [0.05, 0.1) is 33.5 Å². The summed E-state index contributed by atoms with van der Waals surface area (Å²) in [5.41, 5.74) is 0. The molecule has 1 saturated heterocycles. The minimum Gasteiger partial charge on any atom is -0.493 e. The van der Waals surface area contributed by atoms with Gasteiger partial charge in [-0.15, -0.1) is 0 Å². The normalized spacial score (nSPS) is 19.3. The topological polar surface area (TPSA) is 49.0 Å². The number of rotatable bonds is 5. The maximum absolute atomic E-state index is 5.76. The molecule has 0 spiro atoms. The summed E-state index contributed by atoms with van der Waals surface area (Å²) in [6.45, 7) is 2.85. The Hall–Kier alpha value is -1.46. The van der Waals surface area contributed by atoms with Gasteiger partial charge in [0.15, 0.2) is 11.5 Å². The van der Waals surface area contributed by atoms with Crippen LogP contribution in [-0.2, 0) is 4.74 Å². The van der Waals surface area contributed by atoms with Gasteiger partial charge in [-0.25, -0.2) is 0 Å². The van der Waals surface area contributed by atoms with E-state index in [-0.39, 0.29) is 6.04 Å². The molecule has 1 unspecified atom stereocenters. The van der Waals surface area contributed by atoms with Crippen LogP contribution in [0.1, 0.15) is 0 Å². The molecule has 1 fully saturated rings. The van der Waals surface area contributed by atoms with Gasteiger partial charge in [-0.1, -0.05) is 6.07 Å². The molecule has 0 aliphatic carbocycles. The monoisotopic (exact) mass is 253 g/mol. The van der Waals surface area contributed by atoms with Crippen molar-refractivity contribution in [2.24, 2.45) is 0 Å². The maximum atomic E-state index is 5.76. The van der Waals surface area contributed by atoms with Gasteiger partial charge in [-0.05, 0) is 12.1 Å². The van der Waals surface area contributed by atoms with Crippen molar-refractivity contribution in [3.05, 3.63) is 18.2 Å². The van der Waals surface area contributed by atoms with Crippen LogP contribution < -0.4 is 19.5 Å². The van der Waals surface area contributed by atoms with E-state index < -0.39 is 0 Å². The van der Waals surface area contributed by atoms with E-state index in [1.807, 2.05) is 18.2 Å². The van der Waals surface area contributed by atoms with Crippen LogP contribution in [0, 0.1) is 0 Å². The standard InChI is InChI=1S/C13H19NO4/c1-15-11-4-3-5-12(13(11)16-2)18-9-10-8-17-7-6-14-10/h3-5,10,14H,6-9H2,1-2H3. The van der Waals surface area contributed by atoms with Crippen molar-refractivity contribution in [3.63, 3.8) is 0 Å². The quantitative estimate of drug-likeness (QED) is 0.850. The number of para-hydroxylation sites is 1. The van der Waals surface area contributed by atoms with Gasteiger partial charge in [-0.3, -0.25) is 0 Å². The Morgan fingerprint density at radius 2 is 2.11 bits per heavy atom. The van der Waals surface area contributed by atoms with Crippen molar-refractivity contribution in [1.29, 1.82) is 0 Å². The lowest BCUT2D eigenvalue weighted by molar-refractivity contribution is 0.0587. The van der Waals surface area contributed by atoms with Crippen molar-refractivity contribution in [2.45, 2.75) is 6.04 Å². The van der Waals surface area contributed by atoms with E-state index in [0.717, 1.165) is 13.2 Å². The van der Waals surface area contributed by atoms with Gasteiger partial charge < -0.3 is 24.3 Å². The zero-order chi connectivity index (χ0) is 12.8. The number of hydrogen-bond acceptors (Lipinski definition) is 5. The first-order chi connectivity index (χ1) is 8.85. The molecule has 5 nitrogen and oxygen atoms in total. The first kappa shape index (κ1) is 13.0. The fourth-order valence-electron chi connectivity index (χ4n) is 1.89. The highest BCUT2D eigenvalue weighted by Gasteiger charge is 2.16. The van der Waals surface area contributed by atoms with E-state index in [0.29, 0.717) is 30.5 Å². The molecular formula is C13H19NO4. The molecule has 0 bridgehead atoms. The van der Waals surface area contributed by atoms with E-state index in [1.54, 1.807) is 14.2 Å². The molecule has 1 heterocycles. The number of benzene rings is 1. The van der Waals surface area contributed by atoms with Crippen molar-refractivity contribution in [1.82, 2.24) is 5.32 Å². The number of morpholine rings is 1. The fourth-order valence-corrected chi connectivity index (χ4v) is 1.89. The lowest BCUT2D eigenvalue weighted by Crippen LogP contribution is -2.44. The van der Waals surface area contributed by atoms with E-state index in [1.165, 1.54) is 0 Å². The number of nitrogens with one attached hydrogen (secondary N) is 1. The summed E-state index contributed by atoms with van der Waals surface area (Å²) >= 11 is 0. The summed E-state index contributed by atoms with van der Waals surface area (Å²) in [7, 11) is 3.21. The molecule has 1 atom stereocenters. The smallest absolute Gasteiger partial charge is 0.203 e. The van der Waals surface area contributed by atoms with Crippen LogP contribution in [0.4, 0.5) is 0 Å². The third kappa shape index (κ3) is 3.05. The lowest BCUT2D eigenvalue weighted by Gasteiger charge is -2.24. The molecule has 0 radical (unpaired) electrons. The van der Waals surface area contributed by atoms with Crippen LogP contribution in [-0.4, -0.2) is 46.6 Å². The average molecular weight is 253 g/mol. The van der Waals surface area contributed by atoms with Crippen LogP contribution >= 0.6 is 0 Å². The molecule has 1 aliphatic rings. The minimum atomic E-state index is 0.217. The molecule has 1 aromatic rings. The van der Waals surface area contributed by atoms with Gasteiger partial charge in [-0.2, -0.15) is 0 Å². The second-order valence-electron chi connectivity index (χ2n) is 4.03. The highest BCUT2D eigenvalue weighted by Crippen LogP contribution is 2.36. The molecule has 0 saturated carbocycles. The largest absolute Gasteiger partial charge is 0.493 e. The van der Waals surface area contributed by atoms with Gasteiger partial charge in [0.1, 0.15) is 6.61 Å². The van der Waals surface area contributed by atoms with E-state index in [2.05, 4.69) is 5.32 Å². The summed E-state index contributed by atoms with van der Waals surface area (Å²) in [5, 5.41) is 3.33. The molecule has 18 heavy (non-hydrogen) atoms. The Balaban J connectivity index is 1.99. The Morgan fingerprint density at radius 3 is 2.78 bits per heavy atom. The van der Waals surface area contributed by atoms with E-state index >= 15 is 0 Å².